The van der Waals surface area contributed by atoms with Gasteiger partial charge in [-0.1, -0.05) is 11.6 Å². The topological polar surface area (TPSA) is 118 Å². The quantitative estimate of drug-likeness (QED) is 0.608. The Morgan fingerprint density at radius 3 is 2.69 bits per heavy atom. The van der Waals surface area contributed by atoms with E-state index in [2.05, 4.69) is 28.7 Å². The lowest BCUT2D eigenvalue weighted by molar-refractivity contribution is 0.0356. The Morgan fingerprint density at radius 2 is 2.03 bits per heavy atom. The summed E-state index contributed by atoms with van der Waals surface area (Å²) in [6.07, 6.45) is 6.08. The molecule has 1 saturated carbocycles. The van der Waals surface area contributed by atoms with Crippen molar-refractivity contribution in [2.45, 2.75) is 56.7 Å². The van der Waals surface area contributed by atoms with Gasteiger partial charge in [0.25, 0.3) is 5.91 Å². The van der Waals surface area contributed by atoms with Crippen LogP contribution in [-0.2, 0) is 4.74 Å². The second-order valence-corrected chi connectivity index (χ2v) is 9.43. The number of amides is 1. The first-order valence-corrected chi connectivity index (χ1v) is 11.4. The van der Waals surface area contributed by atoms with Crippen molar-refractivity contribution < 1.29 is 9.53 Å². The number of ether oxygens (including phenoxy) is 1. The first-order valence-electron chi connectivity index (χ1n) is 11.0. The third kappa shape index (κ3) is 5.07. The van der Waals surface area contributed by atoms with Gasteiger partial charge in [-0.25, -0.2) is 0 Å². The second kappa shape index (κ2) is 9.49. The van der Waals surface area contributed by atoms with Crippen molar-refractivity contribution >= 4 is 29.0 Å². The van der Waals surface area contributed by atoms with Gasteiger partial charge in [-0.05, 0) is 63.3 Å². The number of carbonyl (C=O) groups excluding carboxylic acids is 1. The van der Waals surface area contributed by atoms with Crippen molar-refractivity contribution in [3.05, 3.63) is 41.0 Å². The molecule has 8 nitrogen and oxygen atoms in total. The fourth-order valence-electron chi connectivity index (χ4n) is 4.70. The number of carbonyl (C=O) groups is 1. The van der Waals surface area contributed by atoms with E-state index in [1.54, 1.807) is 35.1 Å². The molecular formula is C23H29ClN6O2. The zero-order chi connectivity index (χ0) is 22.7. The lowest BCUT2D eigenvalue weighted by Gasteiger charge is -2.41. The van der Waals surface area contributed by atoms with E-state index in [4.69, 9.17) is 22.1 Å². The van der Waals surface area contributed by atoms with Crippen molar-refractivity contribution in [2.75, 3.05) is 18.5 Å². The Bertz CT molecular complexity index is 993. The molecule has 1 aromatic heterocycles. The molecule has 0 spiro atoms. The Hall–Kier alpha value is -2.60. The number of rotatable bonds is 6. The van der Waals surface area contributed by atoms with Crippen LogP contribution in [0.3, 0.4) is 0 Å². The summed E-state index contributed by atoms with van der Waals surface area (Å²) in [4.78, 5) is 12.0. The number of nitrogens with one attached hydrogen (secondary N) is 2. The van der Waals surface area contributed by atoms with E-state index in [1.165, 1.54) is 0 Å². The van der Waals surface area contributed by atoms with Crippen molar-refractivity contribution in [3.8, 4) is 6.07 Å². The minimum absolute atomic E-state index is 0.0519. The van der Waals surface area contributed by atoms with Crippen LogP contribution in [0.5, 0.6) is 0 Å². The first-order chi connectivity index (χ1) is 15.4. The van der Waals surface area contributed by atoms with Crippen molar-refractivity contribution in [1.82, 2.24) is 15.1 Å². The molecule has 3 atom stereocenters. The van der Waals surface area contributed by atoms with Crippen LogP contribution < -0.4 is 16.4 Å². The van der Waals surface area contributed by atoms with Gasteiger partial charge in [-0.3, -0.25) is 9.48 Å². The van der Waals surface area contributed by atoms with Crippen molar-refractivity contribution in [1.29, 1.82) is 5.26 Å². The third-order valence-electron chi connectivity index (χ3n) is 6.57. The van der Waals surface area contributed by atoms with Crippen LogP contribution in [0.2, 0.25) is 5.02 Å². The highest BCUT2D eigenvalue weighted by Crippen LogP contribution is 2.36. The molecule has 1 aliphatic heterocycles. The van der Waals surface area contributed by atoms with Gasteiger partial charge in [0.05, 0.1) is 18.0 Å². The number of nitrogens with zero attached hydrogens (tertiary/aromatic N) is 3. The number of nitriles is 1. The molecule has 32 heavy (non-hydrogen) atoms. The smallest absolute Gasteiger partial charge is 0.254 e. The molecule has 2 aliphatic rings. The summed E-state index contributed by atoms with van der Waals surface area (Å²) in [6.45, 7) is 3.78. The van der Waals surface area contributed by atoms with E-state index in [9.17, 15) is 10.1 Å². The third-order valence-corrected chi connectivity index (χ3v) is 6.82. The van der Waals surface area contributed by atoms with Gasteiger partial charge >= 0.3 is 0 Å². The maximum atomic E-state index is 12.0. The Labute approximate surface area is 193 Å². The number of hydrogen-bond acceptors (Lipinski definition) is 6. The summed E-state index contributed by atoms with van der Waals surface area (Å²) in [5.74, 6) is -0.399. The van der Waals surface area contributed by atoms with Crippen LogP contribution in [0, 0.1) is 17.2 Å². The molecule has 0 bridgehead atoms. The molecule has 4 rings (SSSR count). The SMILES string of the molecule is CC1(NC2CCC(n3cc(C(N)=O)c(Nc4ccc(Cl)cc4)n3)C(C#N)C2)CCOCC1. The summed E-state index contributed by atoms with van der Waals surface area (Å²) in [6, 6.07) is 9.75. The molecule has 1 aromatic carbocycles. The summed E-state index contributed by atoms with van der Waals surface area (Å²) >= 11 is 5.95. The van der Waals surface area contributed by atoms with Crippen LogP contribution in [0.4, 0.5) is 11.5 Å². The van der Waals surface area contributed by atoms with E-state index < -0.39 is 5.91 Å². The number of anilines is 2. The average Bonchev–Trinajstić information content (AvgIpc) is 3.19. The normalized spacial score (nSPS) is 25.1. The number of primary amides is 1. The molecule has 1 aliphatic carbocycles. The van der Waals surface area contributed by atoms with E-state index in [1.807, 2.05) is 0 Å². The number of benzene rings is 1. The lowest BCUT2D eigenvalue weighted by atomic mass is 9.80. The summed E-state index contributed by atoms with van der Waals surface area (Å²) in [7, 11) is 0. The predicted molar refractivity (Wildman–Crippen MR) is 123 cm³/mol. The standard InChI is InChI=1S/C23H29ClN6O2/c1-23(8-10-32-11-9-23)28-18-6-7-20(15(12-18)13-25)30-14-19(21(26)31)22(29-30)27-17-4-2-16(24)3-5-17/h2-5,14-15,18,20,28H,6-12H2,1H3,(H2,26,31)(H,27,29). The molecule has 4 N–H and O–H groups in total. The van der Waals surface area contributed by atoms with Gasteiger partial charge < -0.3 is 21.1 Å². The first kappa shape index (κ1) is 22.6. The number of nitrogens with two attached hydrogens (primary N) is 1. The monoisotopic (exact) mass is 456 g/mol. The maximum Gasteiger partial charge on any atom is 0.254 e. The van der Waals surface area contributed by atoms with Gasteiger partial charge in [0, 0.05) is 41.7 Å². The highest BCUT2D eigenvalue weighted by atomic mass is 35.5. The molecule has 1 amide bonds. The second-order valence-electron chi connectivity index (χ2n) is 9.00. The molecule has 170 valence electrons. The zero-order valence-corrected chi connectivity index (χ0v) is 18.9. The van der Waals surface area contributed by atoms with Crippen LogP contribution in [-0.4, -0.2) is 40.5 Å². The highest BCUT2D eigenvalue weighted by molar-refractivity contribution is 6.30. The van der Waals surface area contributed by atoms with E-state index in [0.717, 1.165) is 51.0 Å². The van der Waals surface area contributed by atoms with Gasteiger partial charge in [-0.2, -0.15) is 10.4 Å². The van der Waals surface area contributed by atoms with Gasteiger partial charge in [-0.15, -0.1) is 0 Å². The predicted octanol–water partition coefficient (Wildman–Crippen LogP) is 3.77. The number of halogens is 1. The number of aromatic nitrogens is 2. The largest absolute Gasteiger partial charge is 0.381 e. The summed E-state index contributed by atoms with van der Waals surface area (Å²) in [5.41, 5.74) is 6.70. The minimum Gasteiger partial charge on any atom is -0.381 e. The molecule has 2 fully saturated rings. The number of hydrogen-bond donors (Lipinski definition) is 3. The van der Waals surface area contributed by atoms with Crippen molar-refractivity contribution in [3.63, 3.8) is 0 Å². The van der Waals surface area contributed by atoms with E-state index >= 15 is 0 Å². The maximum absolute atomic E-state index is 12.0. The molecule has 3 unspecified atom stereocenters. The van der Waals surface area contributed by atoms with Crippen LogP contribution in [0.15, 0.2) is 30.5 Å². The molecule has 2 aromatic rings. The molecule has 0 radical (unpaired) electrons. The van der Waals surface area contributed by atoms with E-state index in [-0.39, 0.29) is 23.5 Å². The van der Waals surface area contributed by atoms with E-state index in [0.29, 0.717) is 16.4 Å². The Morgan fingerprint density at radius 1 is 1.31 bits per heavy atom. The molecule has 1 saturated heterocycles. The van der Waals surface area contributed by atoms with Crippen molar-refractivity contribution in [2.24, 2.45) is 11.7 Å². The van der Waals surface area contributed by atoms with Crippen LogP contribution in [0.1, 0.15) is 55.4 Å². The fraction of sp³-hybridized carbons (Fsp3) is 0.522. The average molecular weight is 457 g/mol. The Kier molecular flexibility index (Phi) is 6.70. The van der Waals surface area contributed by atoms with Crippen LogP contribution >= 0.6 is 11.6 Å². The van der Waals surface area contributed by atoms with Crippen LogP contribution in [0.25, 0.3) is 0 Å². The zero-order valence-electron chi connectivity index (χ0n) is 18.2. The van der Waals surface area contributed by atoms with Gasteiger partial charge in [0.2, 0.25) is 0 Å². The Balaban J connectivity index is 1.49. The lowest BCUT2D eigenvalue weighted by Crippen LogP contribution is -2.53. The molecule has 2 heterocycles. The fourth-order valence-corrected chi connectivity index (χ4v) is 4.83. The highest BCUT2D eigenvalue weighted by Gasteiger charge is 2.37. The molecule has 9 heteroatoms. The summed E-state index contributed by atoms with van der Waals surface area (Å²) < 4.78 is 7.23. The summed E-state index contributed by atoms with van der Waals surface area (Å²) in [5, 5.41) is 22.1. The van der Waals surface area contributed by atoms with Gasteiger partial charge in [0.1, 0.15) is 5.56 Å². The van der Waals surface area contributed by atoms with Gasteiger partial charge in [0.15, 0.2) is 5.82 Å². The minimum atomic E-state index is -0.566. The molecular weight excluding hydrogens is 428 g/mol.